The summed E-state index contributed by atoms with van der Waals surface area (Å²) in [6.45, 7) is 0. The maximum Gasteiger partial charge on any atom is 0.292 e. The Hall–Kier alpha value is -1.72. The Morgan fingerprint density at radius 3 is 2.76 bits per heavy atom. The maximum atomic E-state index is 11.5. The Kier molecular flexibility index (Phi) is 1.93. The van der Waals surface area contributed by atoms with Crippen LogP contribution in [0, 0.1) is 5.41 Å². The molecule has 4 nitrogen and oxygen atoms in total. The predicted molar refractivity (Wildman–Crippen MR) is 65.0 cm³/mol. The van der Waals surface area contributed by atoms with E-state index in [0.29, 0.717) is 5.71 Å². The smallest absolute Gasteiger partial charge is 0.282 e. The standard InChI is InChI=1S/C12H9NO3S/c14-17(15,16)11-6-3-5-10-12(11)7-2-1-4-9(12)8-13-10/h1-8H,(H,14,15,16). The van der Waals surface area contributed by atoms with E-state index in [-0.39, 0.29) is 4.91 Å². The van der Waals surface area contributed by atoms with Crippen molar-refractivity contribution in [3.63, 3.8) is 0 Å². The third-order valence-electron chi connectivity index (χ3n) is 3.10. The molecule has 0 bridgehead atoms. The first-order valence-electron chi connectivity index (χ1n) is 5.06. The molecule has 1 aliphatic heterocycles. The van der Waals surface area contributed by atoms with Gasteiger partial charge in [0.25, 0.3) is 10.1 Å². The lowest BCUT2D eigenvalue weighted by atomic mass is 9.73. The van der Waals surface area contributed by atoms with Crippen LogP contribution in [-0.2, 0) is 10.1 Å². The van der Waals surface area contributed by atoms with Gasteiger partial charge >= 0.3 is 0 Å². The van der Waals surface area contributed by atoms with E-state index in [0.717, 1.165) is 5.57 Å². The summed E-state index contributed by atoms with van der Waals surface area (Å²) in [6, 6.07) is 0. The summed E-state index contributed by atoms with van der Waals surface area (Å²) in [7, 11) is -4.26. The molecule has 0 aromatic carbocycles. The van der Waals surface area contributed by atoms with Crippen LogP contribution in [-0.4, -0.2) is 18.7 Å². The Balaban J connectivity index is 2.32. The molecular formula is C12H9NO3S. The average Bonchev–Trinajstić information content (AvgIpc) is 2.66. The molecule has 3 rings (SSSR count). The molecule has 1 spiro atoms. The highest BCUT2D eigenvalue weighted by Gasteiger charge is 2.48. The zero-order chi connectivity index (χ0) is 12.1. The molecule has 17 heavy (non-hydrogen) atoms. The number of rotatable bonds is 1. The second kappa shape index (κ2) is 3.15. The van der Waals surface area contributed by atoms with Crippen molar-refractivity contribution in [3.8, 4) is 0 Å². The fraction of sp³-hybridized carbons (Fsp3) is 0.0833. The van der Waals surface area contributed by atoms with Gasteiger partial charge in [-0.05, 0) is 17.7 Å². The molecule has 1 heterocycles. The van der Waals surface area contributed by atoms with Gasteiger partial charge in [0.15, 0.2) is 0 Å². The molecule has 0 fully saturated rings. The van der Waals surface area contributed by atoms with Crippen LogP contribution in [0.4, 0.5) is 0 Å². The Morgan fingerprint density at radius 1 is 1.18 bits per heavy atom. The summed E-state index contributed by atoms with van der Waals surface area (Å²) in [5, 5.41) is 0. The van der Waals surface area contributed by atoms with Crippen molar-refractivity contribution in [1.29, 1.82) is 0 Å². The molecule has 0 amide bonds. The van der Waals surface area contributed by atoms with E-state index >= 15 is 0 Å². The minimum Gasteiger partial charge on any atom is -0.282 e. The fourth-order valence-electron chi connectivity index (χ4n) is 2.38. The summed E-state index contributed by atoms with van der Waals surface area (Å²) >= 11 is 0. The molecular weight excluding hydrogens is 238 g/mol. The first kappa shape index (κ1) is 10.4. The second-order valence-corrected chi connectivity index (χ2v) is 5.38. The van der Waals surface area contributed by atoms with Crippen molar-refractivity contribution in [2.24, 2.45) is 10.4 Å². The first-order valence-corrected chi connectivity index (χ1v) is 6.50. The molecule has 86 valence electrons. The molecule has 0 aromatic heterocycles. The number of allylic oxidation sites excluding steroid dienone is 9. The van der Waals surface area contributed by atoms with E-state index in [1.165, 1.54) is 6.08 Å². The quantitative estimate of drug-likeness (QED) is 0.718. The zero-order valence-corrected chi connectivity index (χ0v) is 9.55. The molecule has 2 aliphatic carbocycles. The van der Waals surface area contributed by atoms with Crippen LogP contribution in [0.1, 0.15) is 0 Å². The summed E-state index contributed by atoms with van der Waals surface area (Å²) < 4.78 is 32.3. The van der Waals surface area contributed by atoms with Gasteiger partial charge in [-0.2, -0.15) is 8.42 Å². The Bertz CT molecular complexity index is 661. The van der Waals surface area contributed by atoms with Crippen LogP contribution in [0.15, 0.2) is 64.2 Å². The minimum absolute atomic E-state index is 0.0457. The van der Waals surface area contributed by atoms with E-state index in [1.54, 1.807) is 36.6 Å². The number of hydrogen-bond acceptors (Lipinski definition) is 3. The van der Waals surface area contributed by atoms with Gasteiger partial charge in [-0.15, -0.1) is 0 Å². The normalized spacial score (nSPS) is 29.4. The van der Waals surface area contributed by atoms with Gasteiger partial charge in [-0.1, -0.05) is 30.4 Å². The molecule has 5 heteroatoms. The van der Waals surface area contributed by atoms with Crippen molar-refractivity contribution in [1.82, 2.24) is 0 Å². The molecule has 0 saturated heterocycles. The van der Waals surface area contributed by atoms with E-state index in [1.807, 2.05) is 6.08 Å². The molecule has 1 N–H and O–H groups in total. The number of aliphatic imine (C=N–C) groups is 1. The average molecular weight is 247 g/mol. The lowest BCUT2D eigenvalue weighted by Crippen LogP contribution is -2.35. The van der Waals surface area contributed by atoms with Crippen LogP contribution in [0.3, 0.4) is 0 Å². The van der Waals surface area contributed by atoms with E-state index in [2.05, 4.69) is 4.99 Å². The molecule has 1 atom stereocenters. The SMILES string of the molecule is O=S(=O)(O)C1=CC=CC2=NC=C3C=CC=CC312. The van der Waals surface area contributed by atoms with Crippen molar-refractivity contribution in [2.45, 2.75) is 0 Å². The summed E-state index contributed by atoms with van der Waals surface area (Å²) in [6.07, 6.45) is 13.5. The van der Waals surface area contributed by atoms with E-state index in [9.17, 15) is 13.0 Å². The van der Waals surface area contributed by atoms with Crippen LogP contribution in [0.5, 0.6) is 0 Å². The van der Waals surface area contributed by atoms with Crippen LogP contribution in [0.2, 0.25) is 0 Å². The van der Waals surface area contributed by atoms with Gasteiger partial charge in [0.05, 0.1) is 16.0 Å². The van der Waals surface area contributed by atoms with E-state index in [4.69, 9.17) is 0 Å². The minimum atomic E-state index is -4.26. The predicted octanol–water partition coefficient (Wildman–Crippen LogP) is 1.78. The second-order valence-electron chi connectivity index (χ2n) is 3.99. The Labute approximate surface area is 98.8 Å². The van der Waals surface area contributed by atoms with Crippen LogP contribution in [0.25, 0.3) is 0 Å². The van der Waals surface area contributed by atoms with Gasteiger partial charge < -0.3 is 0 Å². The first-order chi connectivity index (χ1) is 8.05. The number of hydrogen-bond donors (Lipinski definition) is 1. The van der Waals surface area contributed by atoms with Gasteiger partial charge in [-0.25, -0.2) is 0 Å². The number of nitrogens with zero attached hydrogens (tertiary/aromatic N) is 1. The lowest BCUT2D eigenvalue weighted by Gasteiger charge is -2.32. The van der Waals surface area contributed by atoms with Crippen molar-refractivity contribution in [2.75, 3.05) is 0 Å². The van der Waals surface area contributed by atoms with Crippen molar-refractivity contribution < 1.29 is 13.0 Å². The van der Waals surface area contributed by atoms with Gasteiger partial charge in [0.1, 0.15) is 0 Å². The molecule has 0 aromatic rings. The molecule has 3 aliphatic rings. The third-order valence-corrected chi connectivity index (χ3v) is 4.12. The Morgan fingerprint density at radius 2 is 2.00 bits per heavy atom. The van der Waals surface area contributed by atoms with E-state index < -0.39 is 15.5 Å². The molecule has 1 unspecified atom stereocenters. The van der Waals surface area contributed by atoms with Gasteiger partial charge in [-0.3, -0.25) is 9.55 Å². The zero-order valence-electron chi connectivity index (χ0n) is 8.74. The maximum absolute atomic E-state index is 11.5. The summed E-state index contributed by atoms with van der Waals surface area (Å²) in [4.78, 5) is 4.16. The van der Waals surface area contributed by atoms with Crippen LogP contribution >= 0.6 is 0 Å². The summed E-state index contributed by atoms with van der Waals surface area (Å²) in [5.74, 6) is 0. The largest absolute Gasteiger partial charge is 0.292 e. The van der Waals surface area contributed by atoms with Gasteiger partial charge in [0, 0.05) is 6.20 Å². The highest BCUT2D eigenvalue weighted by atomic mass is 32.2. The van der Waals surface area contributed by atoms with Crippen LogP contribution < -0.4 is 0 Å². The fourth-order valence-corrected chi connectivity index (χ4v) is 3.33. The lowest BCUT2D eigenvalue weighted by molar-refractivity contribution is 0.485. The highest BCUT2D eigenvalue weighted by Crippen LogP contribution is 2.48. The monoisotopic (exact) mass is 247 g/mol. The third kappa shape index (κ3) is 1.26. The molecule has 0 saturated carbocycles. The van der Waals surface area contributed by atoms with Crippen molar-refractivity contribution >= 4 is 15.8 Å². The summed E-state index contributed by atoms with van der Waals surface area (Å²) in [5.41, 5.74) is 0.434. The topological polar surface area (TPSA) is 66.7 Å². The molecule has 0 radical (unpaired) electrons. The van der Waals surface area contributed by atoms with Gasteiger partial charge in [0.2, 0.25) is 0 Å². The highest BCUT2D eigenvalue weighted by molar-refractivity contribution is 7.90. The van der Waals surface area contributed by atoms with Crippen molar-refractivity contribution in [3.05, 3.63) is 59.2 Å².